The van der Waals surface area contributed by atoms with Gasteiger partial charge in [-0.05, 0) is 23.6 Å². The molecule has 0 radical (unpaired) electrons. The molecule has 0 bridgehead atoms. The van der Waals surface area contributed by atoms with Crippen molar-refractivity contribution in [3.63, 3.8) is 0 Å². The maximum Gasteiger partial charge on any atom is 0.331 e. The van der Waals surface area contributed by atoms with Gasteiger partial charge >= 0.3 is 5.97 Å². The Balaban J connectivity index is 2.22. The predicted octanol–water partition coefficient (Wildman–Crippen LogP) is 2.02. The van der Waals surface area contributed by atoms with Crippen molar-refractivity contribution in [2.75, 3.05) is 7.11 Å². The Morgan fingerprint density at radius 1 is 1.33 bits per heavy atom. The molecule has 110 valence electrons. The second-order valence-electron chi connectivity index (χ2n) is 4.14. The number of ether oxygens (including phenoxy) is 1. The topological polar surface area (TPSA) is 95.9 Å². The fourth-order valence-corrected chi connectivity index (χ4v) is 2.52. The summed E-state index contributed by atoms with van der Waals surface area (Å²) in [6.45, 7) is 0. The first kappa shape index (κ1) is 14.9. The van der Waals surface area contributed by atoms with Crippen molar-refractivity contribution < 1.29 is 24.5 Å². The van der Waals surface area contributed by atoms with Crippen LogP contribution >= 0.6 is 11.3 Å². The molecule has 6 nitrogen and oxygen atoms in total. The number of benzene rings is 1. The summed E-state index contributed by atoms with van der Waals surface area (Å²) in [6, 6.07) is 6.34. The number of hydrogen-bond donors (Lipinski definition) is 3. The van der Waals surface area contributed by atoms with Crippen molar-refractivity contribution in [1.29, 1.82) is 0 Å². The van der Waals surface area contributed by atoms with Crippen LogP contribution in [0.3, 0.4) is 0 Å². The maximum absolute atomic E-state index is 12.1. The van der Waals surface area contributed by atoms with Crippen molar-refractivity contribution in [1.82, 2.24) is 5.32 Å². The summed E-state index contributed by atoms with van der Waals surface area (Å²) in [5, 5.41) is 23.1. The lowest BCUT2D eigenvalue weighted by Gasteiger charge is -2.14. The highest BCUT2D eigenvalue weighted by Gasteiger charge is 2.24. The third-order valence-corrected chi connectivity index (χ3v) is 3.74. The first-order chi connectivity index (χ1) is 10.0. The zero-order chi connectivity index (χ0) is 15.4. The minimum Gasteiger partial charge on any atom is -0.507 e. The predicted molar refractivity (Wildman–Crippen MR) is 76.8 cm³/mol. The molecule has 2 rings (SSSR count). The zero-order valence-corrected chi connectivity index (χ0v) is 11.9. The molecule has 1 atom stereocenters. The van der Waals surface area contributed by atoms with E-state index in [1.807, 2.05) is 0 Å². The van der Waals surface area contributed by atoms with Crippen LogP contribution < -0.4 is 10.1 Å². The Labute approximate surface area is 124 Å². The number of amides is 1. The van der Waals surface area contributed by atoms with Gasteiger partial charge in [-0.2, -0.15) is 0 Å². The second kappa shape index (κ2) is 6.27. The highest BCUT2D eigenvalue weighted by molar-refractivity contribution is 7.10. The smallest absolute Gasteiger partial charge is 0.331 e. The lowest BCUT2D eigenvalue weighted by molar-refractivity contribution is -0.139. The van der Waals surface area contributed by atoms with E-state index in [0.717, 1.165) is 0 Å². The van der Waals surface area contributed by atoms with E-state index >= 15 is 0 Å². The standard InChI is InChI=1S/C14H13NO5S/c1-20-8-4-5-9(10(16)7-8)13(17)15-12(14(18)19)11-3-2-6-21-11/h2-7,12,16H,1H3,(H,15,17)(H,18,19). The fraction of sp³-hybridized carbons (Fsp3) is 0.143. The summed E-state index contributed by atoms with van der Waals surface area (Å²) in [5.41, 5.74) is -0.0152. The number of nitrogens with one attached hydrogen (secondary N) is 1. The first-order valence-electron chi connectivity index (χ1n) is 5.97. The monoisotopic (exact) mass is 307 g/mol. The van der Waals surface area contributed by atoms with Crippen LogP contribution in [0.25, 0.3) is 0 Å². The average Bonchev–Trinajstić information content (AvgIpc) is 2.97. The van der Waals surface area contributed by atoms with Crippen LogP contribution in [0, 0.1) is 0 Å². The summed E-state index contributed by atoms with van der Waals surface area (Å²) in [7, 11) is 1.44. The number of methoxy groups -OCH3 is 1. The molecular weight excluding hydrogens is 294 g/mol. The Morgan fingerprint density at radius 2 is 2.10 bits per heavy atom. The number of hydrogen-bond acceptors (Lipinski definition) is 5. The number of rotatable bonds is 5. The third-order valence-electron chi connectivity index (χ3n) is 2.80. The van der Waals surface area contributed by atoms with Crippen molar-refractivity contribution in [3.8, 4) is 11.5 Å². The molecule has 1 amide bonds. The van der Waals surface area contributed by atoms with Gasteiger partial charge in [0.2, 0.25) is 0 Å². The van der Waals surface area contributed by atoms with Crippen molar-refractivity contribution in [3.05, 3.63) is 46.2 Å². The molecule has 7 heteroatoms. The number of carbonyl (C=O) groups excluding carboxylic acids is 1. The quantitative estimate of drug-likeness (QED) is 0.785. The van der Waals surface area contributed by atoms with Crippen LogP contribution in [-0.2, 0) is 4.79 Å². The molecular formula is C14H13NO5S. The molecule has 0 fully saturated rings. The van der Waals surface area contributed by atoms with E-state index in [9.17, 15) is 19.8 Å². The lowest BCUT2D eigenvalue weighted by Crippen LogP contribution is -2.33. The number of aromatic hydroxyl groups is 1. The normalized spacial score (nSPS) is 11.7. The van der Waals surface area contributed by atoms with Gasteiger partial charge in [0.15, 0.2) is 6.04 Å². The van der Waals surface area contributed by atoms with Gasteiger partial charge in [-0.1, -0.05) is 6.07 Å². The van der Waals surface area contributed by atoms with Crippen LogP contribution in [0.15, 0.2) is 35.7 Å². The van der Waals surface area contributed by atoms with Crippen LogP contribution in [0.1, 0.15) is 21.3 Å². The number of carboxylic acid groups (broad SMARTS) is 1. The molecule has 2 aromatic rings. The fourth-order valence-electron chi connectivity index (χ4n) is 1.75. The summed E-state index contributed by atoms with van der Waals surface area (Å²) >= 11 is 1.23. The van der Waals surface area contributed by atoms with Gasteiger partial charge in [-0.15, -0.1) is 11.3 Å². The minimum absolute atomic E-state index is 0.0152. The Morgan fingerprint density at radius 3 is 2.62 bits per heavy atom. The minimum atomic E-state index is -1.17. The molecule has 0 aliphatic carbocycles. The van der Waals surface area contributed by atoms with E-state index in [1.54, 1.807) is 17.5 Å². The van der Waals surface area contributed by atoms with Gasteiger partial charge in [0.25, 0.3) is 5.91 Å². The molecule has 0 aliphatic heterocycles. The first-order valence-corrected chi connectivity index (χ1v) is 6.85. The molecule has 3 N–H and O–H groups in total. The number of carboxylic acids is 1. The molecule has 1 aromatic carbocycles. The molecule has 0 spiro atoms. The van der Waals surface area contributed by atoms with E-state index < -0.39 is 17.9 Å². The average molecular weight is 307 g/mol. The summed E-state index contributed by atoms with van der Waals surface area (Å²) in [5.74, 6) is -1.71. The number of carbonyl (C=O) groups is 2. The third kappa shape index (κ3) is 3.32. The SMILES string of the molecule is COc1ccc(C(=O)NC(C(=O)O)c2cccs2)c(O)c1. The lowest BCUT2D eigenvalue weighted by atomic mass is 10.1. The van der Waals surface area contributed by atoms with Crippen LogP contribution in [-0.4, -0.2) is 29.2 Å². The Kier molecular flexibility index (Phi) is 4.44. The number of phenolic OH excluding ortho intramolecular Hbond substituents is 1. The molecule has 1 aromatic heterocycles. The highest BCUT2D eigenvalue weighted by atomic mass is 32.1. The summed E-state index contributed by atoms with van der Waals surface area (Å²) in [6.07, 6.45) is 0. The number of aliphatic carboxylic acids is 1. The van der Waals surface area contributed by atoms with E-state index in [0.29, 0.717) is 10.6 Å². The molecule has 0 saturated heterocycles. The van der Waals surface area contributed by atoms with Crippen molar-refractivity contribution in [2.24, 2.45) is 0 Å². The highest BCUT2D eigenvalue weighted by Crippen LogP contribution is 2.25. The van der Waals surface area contributed by atoms with Crippen LogP contribution in [0.5, 0.6) is 11.5 Å². The van der Waals surface area contributed by atoms with Gasteiger partial charge < -0.3 is 20.3 Å². The number of thiophene rings is 1. The van der Waals surface area contributed by atoms with Gasteiger partial charge in [0.1, 0.15) is 11.5 Å². The van der Waals surface area contributed by atoms with Crippen LogP contribution in [0.2, 0.25) is 0 Å². The van der Waals surface area contributed by atoms with Gasteiger partial charge in [0.05, 0.1) is 12.7 Å². The van der Waals surface area contributed by atoms with Crippen molar-refractivity contribution in [2.45, 2.75) is 6.04 Å². The molecule has 1 unspecified atom stereocenters. The molecule has 0 aliphatic rings. The molecule has 0 saturated carbocycles. The molecule has 1 heterocycles. The van der Waals surface area contributed by atoms with Crippen LogP contribution in [0.4, 0.5) is 0 Å². The largest absolute Gasteiger partial charge is 0.507 e. The second-order valence-corrected chi connectivity index (χ2v) is 5.12. The summed E-state index contributed by atoms with van der Waals surface area (Å²) < 4.78 is 4.92. The van der Waals surface area contributed by atoms with Gasteiger partial charge in [0, 0.05) is 10.9 Å². The van der Waals surface area contributed by atoms with Crippen molar-refractivity contribution >= 4 is 23.2 Å². The van der Waals surface area contributed by atoms with E-state index in [1.165, 1.54) is 36.6 Å². The molecule has 21 heavy (non-hydrogen) atoms. The number of phenols is 1. The summed E-state index contributed by atoms with van der Waals surface area (Å²) in [4.78, 5) is 23.9. The van der Waals surface area contributed by atoms with Gasteiger partial charge in [-0.25, -0.2) is 4.79 Å². The zero-order valence-electron chi connectivity index (χ0n) is 11.1. The van der Waals surface area contributed by atoms with E-state index in [-0.39, 0.29) is 11.3 Å². The van der Waals surface area contributed by atoms with Gasteiger partial charge in [-0.3, -0.25) is 4.79 Å². The maximum atomic E-state index is 12.1. The Bertz CT molecular complexity index is 653. The van der Waals surface area contributed by atoms with E-state index in [2.05, 4.69) is 5.32 Å². The van der Waals surface area contributed by atoms with E-state index in [4.69, 9.17) is 4.74 Å². The Hall–Kier alpha value is -2.54.